The number of carboxylic acid groups (broad SMARTS) is 1. The van der Waals surface area contributed by atoms with Crippen LogP contribution < -0.4 is 0 Å². The summed E-state index contributed by atoms with van der Waals surface area (Å²) >= 11 is 0. The third-order valence-electron chi connectivity index (χ3n) is 3.33. The number of carboxylic acids is 1. The average molecular weight is 283 g/mol. The Morgan fingerprint density at radius 2 is 2.10 bits per heavy atom. The van der Waals surface area contributed by atoms with Gasteiger partial charge in [-0.2, -0.15) is 0 Å². The van der Waals surface area contributed by atoms with Crippen LogP contribution in [0, 0.1) is 10.1 Å². The number of nitro groups is 1. The first kappa shape index (κ1) is 14.0. The number of carbonyl (C=O) groups excluding carboxylic acids is 1. The fraction of sp³-hybridized carbons (Fsp3) is 0.455. The lowest BCUT2D eigenvalue weighted by molar-refractivity contribution is -0.391. The van der Waals surface area contributed by atoms with Crippen LogP contribution in [-0.2, 0) is 11.8 Å². The van der Waals surface area contributed by atoms with Crippen molar-refractivity contribution in [2.24, 2.45) is 7.05 Å². The summed E-state index contributed by atoms with van der Waals surface area (Å²) in [6.07, 6.45) is -0.955. The summed E-state index contributed by atoms with van der Waals surface area (Å²) in [7, 11) is 1.35. The average Bonchev–Trinajstić information content (AvgIpc) is 2.91. The third kappa shape index (κ3) is 2.23. The van der Waals surface area contributed by atoms with Crippen molar-refractivity contribution in [1.82, 2.24) is 9.47 Å². The van der Waals surface area contributed by atoms with E-state index in [0.29, 0.717) is 0 Å². The SMILES string of the molecule is Cn1c(C(=O)N2C[C@H](O)C[C@@H]2C(=O)O)ccc1[N+](=O)[O-]. The number of likely N-dealkylation sites (tertiary alicyclic amines) is 1. The molecule has 1 saturated heterocycles. The normalized spacial score (nSPS) is 22.0. The van der Waals surface area contributed by atoms with E-state index in [1.165, 1.54) is 19.2 Å². The highest BCUT2D eigenvalue weighted by Crippen LogP contribution is 2.23. The molecular formula is C11H13N3O6. The van der Waals surface area contributed by atoms with E-state index in [2.05, 4.69) is 0 Å². The first-order valence-electron chi connectivity index (χ1n) is 5.85. The van der Waals surface area contributed by atoms with Gasteiger partial charge in [0, 0.05) is 19.0 Å². The minimum Gasteiger partial charge on any atom is -0.480 e. The molecular weight excluding hydrogens is 270 g/mol. The van der Waals surface area contributed by atoms with E-state index in [0.717, 1.165) is 9.47 Å². The van der Waals surface area contributed by atoms with Gasteiger partial charge in [0.1, 0.15) is 6.04 Å². The highest BCUT2D eigenvalue weighted by molar-refractivity contribution is 5.96. The number of nitrogens with zero attached hydrogens (tertiary/aromatic N) is 3. The molecule has 1 aromatic heterocycles. The molecule has 0 radical (unpaired) electrons. The van der Waals surface area contributed by atoms with Gasteiger partial charge in [0.15, 0.2) is 5.69 Å². The van der Waals surface area contributed by atoms with Crippen molar-refractivity contribution in [3.63, 3.8) is 0 Å². The molecule has 0 bridgehead atoms. The Morgan fingerprint density at radius 3 is 2.60 bits per heavy atom. The predicted octanol–water partition coefficient (Wildman–Crippen LogP) is -0.407. The van der Waals surface area contributed by atoms with Crippen LogP contribution in [0.5, 0.6) is 0 Å². The number of aliphatic hydroxyl groups excluding tert-OH is 1. The molecule has 9 heteroatoms. The lowest BCUT2D eigenvalue weighted by Gasteiger charge is -2.19. The first-order valence-corrected chi connectivity index (χ1v) is 5.85. The molecule has 0 unspecified atom stereocenters. The Kier molecular flexibility index (Phi) is 3.45. The molecule has 0 saturated carbocycles. The van der Waals surface area contributed by atoms with Crippen LogP contribution in [0.3, 0.4) is 0 Å². The summed E-state index contributed by atoms with van der Waals surface area (Å²) in [5.74, 6) is -2.12. The standard InChI is InChI=1S/C11H13N3O6/c1-12-7(2-3-9(12)14(19)20)10(16)13-5-6(15)4-8(13)11(17)18/h2-3,6,8,15H,4-5H2,1H3,(H,17,18)/t6-,8-/m1/s1. The molecule has 0 aliphatic carbocycles. The summed E-state index contributed by atoms with van der Waals surface area (Å²) in [5.41, 5.74) is 0.0112. The van der Waals surface area contributed by atoms with Crippen LogP contribution in [0.1, 0.15) is 16.9 Å². The molecule has 20 heavy (non-hydrogen) atoms. The molecule has 1 aromatic rings. The summed E-state index contributed by atoms with van der Waals surface area (Å²) < 4.78 is 1.09. The maximum atomic E-state index is 12.3. The molecule has 1 aliphatic rings. The number of hydrogen-bond donors (Lipinski definition) is 2. The van der Waals surface area contributed by atoms with Crippen molar-refractivity contribution in [2.45, 2.75) is 18.6 Å². The van der Waals surface area contributed by atoms with Crippen LogP contribution in [0.2, 0.25) is 0 Å². The van der Waals surface area contributed by atoms with Gasteiger partial charge in [-0.25, -0.2) is 9.36 Å². The molecule has 0 spiro atoms. The quantitative estimate of drug-likeness (QED) is 0.574. The Balaban J connectivity index is 2.31. The molecule has 2 atom stereocenters. The number of aromatic nitrogens is 1. The van der Waals surface area contributed by atoms with E-state index in [-0.39, 0.29) is 24.5 Å². The van der Waals surface area contributed by atoms with Crippen molar-refractivity contribution >= 4 is 17.7 Å². The van der Waals surface area contributed by atoms with Gasteiger partial charge in [-0.05, 0) is 11.0 Å². The van der Waals surface area contributed by atoms with Crippen LogP contribution >= 0.6 is 0 Å². The van der Waals surface area contributed by atoms with Crippen molar-refractivity contribution in [3.8, 4) is 0 Å². The maximum absolute atomic E-state index is 12.3. The number of aliphatic carboxylic acids is 1. The van der Waals surface area contributed by atoms with Crippen LogP contribution in [-0.4, -0.2) is 55.2 Å². The van der Waals surface area contributed by atoms with E-state index in [1.54, 1.807) is 0 Å². The summed E-state index contributed by atoms with van der Waals surface area (Å²) in [6.45, 7) is -0.102. The van der Waals surface area contributed by atoms with E-state index >= 15 is 0 Å². The molecule has 108 valence electrons. The minimum absolute atomic E-state index is 0.0112. The molecule has 2 N–H and O–H groups in total. The highest BCUT2D eigenvalue weighted by Gasteiger charge is 2.41. The van der Waals surface area contributed by atoms with E-state index < -0.39 is 28.9 Å². The van der Waals surface area contributed by atoms with Gasteiger partial charge in [-0.1, -0.05) is 0 Å². The maximum Gasteiger partial charge on any atom is 0.326 e. The van der Waals surface area contributed by atoms with Crippen molar-refractivity contribution < 1.29 is 24.7 Å². The van der Waals surface area contributed by atoms with Crippen LogP contribution in [0.15, 0.2) is 12.1 Å². The molecule has 2 rings (SSSR count). The van der Waals surface area contributed by atoms with Gasteiger partial charge >= 0.3 is 11.8 Å². The summed E-state index contributed by atoms with van der Waals surface area (Å²) in [6, 6.07) is 1.33. The van der Waals surface area contributed by atoms with Gasteiger partial charge in [0.2, 0.25) is 0 Å². The molecule has 2 heterocycles. The Hall–Kier alpha value is -2.42. The minimum atomic E-state index is -1.21. The smallest absolute Gasteiger partial charge is 0.326 e. The fourth-order valence-electron chi connectivity index (χ4n) is 2.32. The lowest BCUT2D eigenvalue weighted by Crippen LogP contribution is -2.41. The lowest BCUT2D eigenvalue weighted by atomic mass is 10.2. The number of amides is 1. The number of hydrogen-bond acceptors (Lipinski definition) is 5. The second-order valence-corrected chi connectivity index (χ2v) is 4.59. The van der Waals surface area contributed by atoms with Gasteiger partial charge in [-0.15, -0.1) is 0 Å². The first-order chi connectivity index (χ1) is 9.32. The van der Waals surface area contributed by atoms with E-state index in [1.807, 2.05) is 0 Å². The predicted molar refractivity (Wildman–Crippen MR) is 65.2 cm³/mol. The van der Waals surface area contributed by atoms with Gasteiger partial charge in [-0.3, -0.25) is 4.79 Å². The molecule has 1 amide bonds. The van der Waals surface area contributed by atoms with Crippen molar-refractivity contribution in [3.05, 3.63) is 27.9 Å². The zero-order valence-electron chi connectivity index (χ0n) is 10.6. The molecule has 9 nitrogen and oxygen atoms in total. The number of carbonyl (C=O) groups is 2. The van der Waals surface area contributed by atoms with Gasteiger partial charge in [0.25, 0.3) is 5.91 Å². The number of aliphatic hydroxyl groups is 1. The largest absolute Gasteiger partial charge is 0.480 e. The van der Waals surface area contributed by atoms with Gasteiger partial charge < -0.3 is 25.2 Å². The van der Waals surface area contributed by atoms with E-state index in [9.17, 15) is 24.8 Å². The second-order valence-electron chi connectivity index (χ2n) is 4.59. The number of rotatable bonds is 3. The van der Waals surface area contributed by atoms with E-state index in [4.69, 9.17) is 5.11 Å². The van der Waals surface area contributed by atoms with Crippen molar-refractivity contribution in [1.29, 1.82) is 0 Å². The summed E-state index contributed by atoms with van der Waals surface area (Å²) in [4.78, 5) is 34.5. The summed E-state index contributed by atoms with van der Waals surface area (Å²) in [5, 5.41) is 29.3. The second kappa shape index (κ2) is 4.93. The highest BCUT2D eigenvalue weighted by atomic mass is 16.6. The topological polar surface area (TPSA) is 126 Å². The Labute approximate surface area is 113 Å². The van der Waals surface area contributed by atoms with Gasteiger partial charge in [0.05, 0.1) is 13.2 Å². The Morgan fingerprint density at radius 1 is 1.45 bits per heavy atom. The monoisotopic (exact) mass is 283 g/mol. The fourth-order valence-corrected chi connectivity index (χ4v) is 2.32. The zero-order valence-corrected chi connectivity index (χ0v) is 10.6. The number of β-amino-alcohol motifs (C(OH)–C–C–N with tert-alkyl or cyclic N) is 1. The zero-order chi connectivity index (χ0) is 15.0. The molecule has 0 aromatic carbocycles. The van der Waals surface area contributed by atoms with Crippen molar-refractivity contribution in [2.75, 3.05) is 6.54 Å². The third-order valence-corrected chi connectivity index (χ3v) is 3.33. The molecule has 1 aliphatic heterocycles. The van der Waals surface area contributed by atoms with Crippen LogP contribution in [0.4, 0.5) is 5.82 Å². The molecule has 1 fully saturated rings. The van der Waals surface area contributed by atoms with Crippen LogP contribution in [0.25, 0.3) is 0 Å². The Bertz CT molecular complexity index is 581.